The van der Waals surface area contributed by atoms with Crippen molar-refractivity contribution in [2.75, 3.05) is 18.5 Å². The number of halogens is 2. The number of benzene rings is 1. The number of amides is 2. The predicted molar refractivity (Wildman–Crippen MR) is 117 cm³/mol. The summed E-state index contributed by atoms with van der Waals surface area (Å²) in [7, 11) is 0. The van der Waals surface area contributed by atoms with Gasteiger partial charge in [0, 0.05) is 29.4 Å². The van der Waals surface area contributed by atoms with E-state index < -0.39 is 17.6 Å². The van der Waals surface area contributed by atoms with Crippen molar-refractivity contribution in [2.45, 2.75) is 76.9 Å². The topological polar surface area (TPSA) is 81.7 Å². The number of likely N-dealkylation sites (tertiary alicyclic amines) is 1. The highest BCUT2D eigenvalue weighted by atomic mass is 35.5. The normalized spacial score (nSPS) is 18.8. The number of anilines is 1. The molecule has 8 heteroatoms. The van der Waals surface area contributed by atoms with E-state index >= 15 is 0 Å². The van der Waals surface area contributed by atoms with Crippen molar-refractivity contribution in [3.05, 3.63) is 29.0 Å². The molecule has 6 nitrogen and oxygen atoms in total. The minimum absolute atomic E-state index is 0.0509. The fourth-order valence-electron chi connectivity index (χ4n) is 4.60. The maximum absolute atomic E-state index is 13.5. The van der Waals surface area contributed by atoms with Gasteiger partial charge in [-0.15, -0.1) is 0 Å². The Morgan fingerprint density at radius 2 is 1.77 bits per heavy atom. The third-order valence-electron chi connectivity index (χ3n) is 5.71. The van der Waals surface area contributed by atoms with E-state index in [0.717, 1.165) is 31.9 Å². The first-order chi connectivity index (χ1) is 14.0. The van der Waals surface area contributed by atoms with Gasteiger partial charge in [0.2, 0.25) is 0 Å². The second kappa shape index (κ2) is 10.1. The lowest BCUT2D eigenvalue weighted by Gasteiger charge is -2.55. The third-order valence-corrected chi connectivity index (χ3v) is 6.02. The number of nitrogens with zero attached hydrogens (tertiary/aromatic N) is 1. The Morgan fingerprint density at radius 1 is 1.13 bits per heavy atom. The van der Waals surface area contributed by atoms with Crippen molar-refractivity contribution in [1.29, 1.82) is 0 Å². The maximum Gasteiger partial charge on any atom is 0.313 e. The molecule has 0 radical (unpaired) electrons. The van der Waals surface area contributed by atoms with E-state index in [9.17, 15) is 14.0 Å². The maximum atomic E-state index is 13.5. The molecule has 0 saturated carbocycles. The number of hydrogen-bond donors (Lipinski definition) is 3. The van der Waals surface area contributed by atoms with Gasteiger partial charge >= 0.3 is 11.8 Å². The summed E-state index contributed by atoms with van der Waals surface area (Å²) in [6.07, 6.45) is 4.21. The van der Waals surface area contributed by atoms with E-state index in [1.165, 1.54) is 12.1 Å². The molecule has 2 amide bonds. The molecule has 2 rings (SSSR count). The van der Waals surface area contributed by atoms with Crippen LogP contribution in [0, 0.1) is 5.82 Å². The molecule has 3 N–H and O–H groups in total. The Labute approximate surface area is 183 Å². The van der Waals surface area contributed by atoms with Gasteiger partial charge in [-0.25, -0.2) is 4.39 Å². The van der Waals surface area contributed by atoms with Crippen molar-refractivity contribution < 1.29 is 19.1 Å². The molecule has 0 atom stereocenters. The van der Waals surface area contributed by atoms with Crippen LogP contribution < -0.4 is 10.6 Å². The number of unbranched alkanes of at least 4 members (excludes halogenated alkanes) is 2. The highest BCUT2D eigenvalue weighted by Gasteiger charge is 2.45. The average molecular weight is 442 g/mol. The molecule has 0 bridgehead atoms. The molecule has 1 aliphatic rings. The molecular formula is C22H33ClFN3O3. The molecule has 1 aromatic carbocycles. The zero-order valence-electron chi connectivity index (χ0n) is 18.2. The molecule has 0 aromatic heterocycles. The molecule has 0 unspecified atom stereocenters. The molecule has 168 valence electrons. The summed E-state index contributed by atoms with van der Waals surface area (Å²) in [6.45, 7) is 9.73. The van der Waals surface area contributed by atoms with Crippen molar-refractivity contribution in [3.8, 4) is 0 Å². The minimum atomic E-state index is -0.834. The van der Waals surface area contributed by atoms with Crippen LogP contribution in [0.4, 0.5) is 10.1 Å². The molecular weight excluding hydrogens is 409 g/mol. The standard InChI is InChI=1S/C22H33ClFN3O3/c1-21(2)13-16(14-22(3,4)27(21)10-6-5-7-11-28)26-20(30)19(29)25-15-8-9-17(23)18(24)12-15/h8-9,12,16,28H,5-7,10-11,13-14H2,1-4H3,(H,25,29)(H,26,30). The third kappa shape index (κ3) is 6.40. The van der Waals surface area contributed by atoms with Gasteiger partial charge in [-0.3, -0.25) is 14.5 Å². The zero-order valence-corrected chi connectivity index (χ0v) is 19.0. The van der Waals surface area contributed by atoms with Gasteiger partial charge in [-0.1, -0.05) is 11.6 Å². The first-order valence-electron chi connectivity index (χ1n) is 10.4. The van der Waals surface area contributed by atoms with Crippen LogP contribution in [0.25, 0.3) is 0 Å². The van der Waals surface area contributed by atoms with Crippen molar-refractivity contribution in [3.63, 3.8) is 0 Å². The fourth-order valence-corrected chi connectivity index (χ4v) is 4.71. The molecule has 1 aromatic rings. The molecule has 0 aliphatic carbocycles. The smallest absolute Gasteiger partial charge is 0.313 e. The summed E-state index contributed by atoms with van der Waals surface area (Å²) in [5, 5.41) is 14.2. The summed E-state index contributed by atoms with van der Waals surface area (Å²) in [5.74, 6) is -2.23. The van der Waals surface area contributed by atoms with Gasteiger partial charge in [0.15, 0.2) is 0 Å². The lowest BCUT2D eigenvalue weighted by Crippen LogP contribution is -2.64. The van der Waals surface area contributed by atoms with Gasteiger partial charge in [-0.05, 0) is 84.5 Å². The number of aliphatic hydroxyl groups excluding tert-OH is 1. The van der Waals surface area contributed by atoms with E-state index in [2.05, 4.69) is 43.2 Å². The van der Waals surface area contributed by atoms with Gasteiger partial charge in [0.05, 0.1) is 5.02 Å². The predicted octanol–water partition coefficient (Wildman–Crippen LogP) is 3.72. The highest BCUT2D eigenvalue weighted by molar-refractivity contribution is 6.39. The first-order valence-corrected chi connectivity index (χ1v) is 10.8. The molecule has 1 saturated heterocycles. The number of nitrogens with one attached hydrogen (secondary N) is 2. The van der Waals surface area contributed by atoms with Crippen LogP contribution in [0.15, 0.2) is 18.2 Å². The van der Waals surface area contributed by atoms with Crippen molar-refractivity contribution >= 4 is 29.1 Å². The quantitative estimate of drug-likeness (QED) is 0.445. The van der Waals surface area contributed by atoms with Gasteiger partial charge in [0.25, 0.3) is 0 Å². The second-order valence-corrected chi connectivity index (χ2v) is 9.63. The number of carbonyl (C=O) groups excluding carboxylic acids is 2. The Bertz CT molecular complexity index is 752. The Kier molecular flexibility index (Phi) is 8.25. The molecule has 30 heavy (non-hydrogen) atoms. The fraction of sp³-hybridized carbons (Fsp3) is 0.636. The minimum Gasteiger partial charge on any atom is -0.396 e. The summed E-state index contributed by atoms with van der Waals surface area (Å²) in [5.41, 5.74) is -0.140. The molecule has 1 heterocycles. The van der Waals surface area contributed by atoms with Crippen LogP contribution in [0.2, 0.25) is 5.02 Å². The summed E-state index contributed by atoms with van der Waals surface area (Å²) >= 11 is 5.64. The Balaban J connectivity index is 1.97. The first kappa shape index (κ1) is 24.6. The lowest BCUT2D eigenvalue weighted by molar-refractivity contribution is -0.137. The molecule has 1 fully saturated rings. The number of hydrogen-bond acceptors (Lipinski definition) is 4. The number of piperidine rings is 1. The monoisotopic (exact) mass is 441 g/mol. The van der Waals surface area contributed by atoms with Crippen LogP contribution in [-0.4, -0.2) is 52.1 Å². The van der Waals surface area contributed by atoms with Crippen LogP contribution in [-0.2, 0) is 9.59 Å². The van der Waals surface area contributed by atoms with Gasteiger partial charge in [-0.2, -0.15) is 0 Å². The summed E-state index contributed by atoms with van der Waals surface area (Å²) < 4.78 is 13.5. The zero-order chi connectivity index (χ0) is 22.5. The second-order valence-electron chi connectivity index (χ2n) is 9.22. The van der Waals surface area contributed by atoms with Gasteiger partial charge in [0.1, 0.15) is 5.82 Å². The van der Waals surface area contributed by atoms with Crippen LogP contribution in [0.5, 0.6) is 0 Å². The van der Waals surface area contributed by atoms with E-state index in [4.69, 9.17) is 16.7 Å². The molecule has 1 aliphatic heterocycles. The van der Waals surface area contributed by atoms with Crippen molar-refractivity contribution in [1.82, 2.24) is 10.2 Å². The van der Waals surface area contributed by atoms with E-state index in [1.54, 1.807) is 0 Å². The van der Waals surface area contributed by atoms with E-state index in [0.29, 0.717) is 12.8 Å². The van der Waals surface area contributed by atoms with Crippen LogP contribution >= 0.6 is 11.6 Å². The number of aliphatic hydroxyl groups is 1. The van der Waals surface area contributed by atoms with Crippen LogP contribution in [0.3, 0.4) is 0 Å². The largest absolute Gasteiger partial charge is 0.396 e. The van der Waals surface area contributed by atoms with Gasteiger partial charge < -0.3 is 15.7 Å². The number of carbonyl (C=O) groups is 2. The summed E-state index contributed by atoms with van der Waals surface area (Å²) in [6, 6.07) is 3.70. The molecule has 0 spiro atoms. The highest BCUT2D eigenvalue weighted by Crippen LogP contribution is 2.38. The Morgan fingerprint density at radius 3 is 2.33 bits per heavy atom. The SMILES string of the molecule is CC1(C)CC(NC(=O)C(=O)Nc2ccc(Cl)c(F)c2)CC(C)(C)N1CCCCCO. The van der Waals surface area contributed by atoms with E-state index in [-0.39, 0.29) is 34.4 Å². The van der Waals surface area contributed by atoms with Crippen molar-refractivity contribution in [2.24, 2.45) is 0 Å². The number of rotatable bonds is 7. The Hall–Kier alpha value is -1.70. The van der Waals surface area contributed by atoms with Crippen LogP contribution in [0.1, 0.15) is 59.8 Å². The average Bonchev–Trinajstić information content (AvgIpc) is 2.62. The lowest BCUT2D eigenvalue weighted by atomic mass is 9.76. The summed E-state index contributed by atoms with van der Waals surface area (Å²) in [4.78, 5) is 27.2. The van der Waals surface area contributed by atoms with E-state index in [1.807, 2.05) is 0 Å².